The third kappa shape index (κ3) is 15.9. The molecule has 0 atom stereocenters. The molecule has 0 bridgehead atoms. The maximum Gasteiger partial charge on any atom is 0.0542 e. The second kappa shape index (κ2) is 37.6. The molecule has 0 radical (unpaired) electrons. The van der Waals surface area contributed by atoms with Crippen LogP contribution in [-0.2, 0) is 0 Å². The van der Waals surface area contributed by atoms with Crippen molar-refractivity contribution >= 4 is 121 Å². The molecule has 28 rings (SSSR count). The van der Waals surface area contributed by atoms with Crippen molar-refractivity contribution in [1.29, 1.82) is 0 Å². The van der Waals surface area contributed by atoms with Gasteiger partial charge in [0, 0.05) is 111 Å². The highest BCUT2D eigenvalue weighted by Crippen LogP contribution is 2.48. The van der Waals surface area contributed by atoms with E-state index in [4.69, 9.17) is 0 Å². The summed E-state index contributed by atoms with van der Waals surface area (Å²) >= 11 is 0. The maximum atomic E-state index is 2.46. The highest BCUT2D eigenvalue weighted by atomic mass is 15.2. The normalized spacial score (nSPS) is 11.5. The van der Waals surface area contributed by atoms with E-state index in [0.717, 1.165) is 124 Å². The molecular formula is C140H96N8. The minimum atomic E-state index is 1.06. The Morgan fingerprint density at radius 2 is 0.291 bits per heavy atom. The molecule has 696 valence electrons. The van der Waals surface area contributed by atoms with E-state index in [9.17, 15) is 0 Å². The molecule has 0 fully saturated rings. The number of aromatic nitrogens is 6. The van der Waals surface area contributed by atoms with Gasteiger partial charge in [-0.15, -0.1) is 0 Å². The van der Waals surface area contributed by atoms with Crippen LogP contribution in [-0.4, -0.2) is 27.4 Å². The summed E-state index contributed by atoms with van der Waals surface area (Å²) in [4.78, 5) is 4.71. The van der Waals surface area contributed by atoms with E-state index >= 15 is 0 Å². The Kier molecular flexibility index (Phi) is 22.1. The van der Waals surface area contributed by atoms with Crippen LogP contribution in [0.1, 0.15) is 0 Å². The van der Waals surface area contributed by atoms with Gasteiger partial charge in [-0.1, -0.05) is 364 Å². The molecule has 8 heteroatoms. The van der Waals surface area contributed by atoms with Crippen molar-refractivity contribution in [3.05, 3.63) is 582 Å². The summed E-state index contributed by atoms with van der Waals surface area (Å²) in [7, 11) is 0. The summed E-state index contributed by atoms with van der Waals surface area (Å²) in [5.41, 5.74) is 41.3. The molecule has 0 aliphatic carbocycles. The average molecular weight is 1890 g/mol. The van der Waals surface area contributed by atoms with E-state index in [1.807, 2.05) is 0 Å². The lowest BCUT2D eigenvalue weighted by Crippen LogP contribution is -2.10. The quantitative estimate of drug-likeness (QED) is 0.0762. The Morgan fingerprint density at radius 1 is 0.108 bits per heavy atom. The number of anilines is 6. The number of hydrogen-bond donors (Lipinski definition) is 0. The Morgan fingerprint density at radius 3 is 0.541 bits per heavy atom. The monoisotopic (exact) mass is 1890 g/mol. The van der Waals surface area contributed by atoms with Crippen LogP contribution in [0.3, 0.4) is 0 Å². The highest BCUT2D eigenvalue weighted by Gasteiger charge is 2.27. The Bertz CT molecular complexity index is 8980. The summed E-state index contributed by atoms with van der Waals surface area (Å²) in [5, 5.41) is 9.60. The molecule has 6 aromatic heterocycles. The third-order valence-electron chi connectivity index (χ3n) is 29.2. The minimum absolute atomic E-state index is 1.06. The largest absolute Gasteiger partial charge is 0.311 e. The van der Waals surface area contributed by atoms with Crippen molar-refractivity contribution < 1.29 is 0 Å². The molecular weight excluding hydrogens is 1790 g/mol. The first-order valence-electron chi connectivity index (χ1n) is 50.7. The van der Waals surface area contributed by atoms with Crippen LogP contribution in [0.5, 0.6) is 0 Å². The SMILES string of the molecule is c1ccc(-c2cc3cc4c(cc(-c5ccccc5)n4-c4ccc5c(c4)c4ccccc4n5-c4ccccc4)cc3n2-c2ccc3c(c2)c2ccccc2n3-c2ccccc2)cc1.c1ccc(-c2ccc(N(c3ccc(-c4ccccc4)cc3)c3ccc(-n4c(-c5ccccc5)cc5cc6c(cc(-c7ccccc7)n6-c6ccc(N(c7ccc(-c8ccccc8)cc7)c7ccc(-c8ccccc8)cc7)cc6)cc54)cc3)cc2)cc1. The van der Waals surface area contributed by atoms with Gasteiger partial charge in [-0.2, -0.15) is 0 Å². The first-order chi connectivity index (χ1) is 73.4. The first kappa shape index (κ1) is 87.2. The molecule has 0 amide bonds. The van der Waals surface area contributed by atoms with E-state index < -0.39 is 0 Å². The zero-order chi connectivity index (χ0) is 97.9. The van der Waals surface area contributed by atoms with Crippen LogP contribution in [0.25, 0.3) is 211 Å². The minimum Gasteiger partial charge on any atom is -0.311 e. The van der Waals surface area contributed by atoms with Crippen molar-refractivity contribution in [2.75, 3.05) is 9.80 Å². The molecule has 6 heterocycles. The molecule has 8 nitrogen and oxygen atoms in total. The van der Waals surface area contributed by atoms with Gasteiger partial charge in [-0.3, -0.25) is 0 Å². The van der Waals surface area contributed by atoms with Gasteiger partial charge in [0.2, 0.25) is 0 Å². The Hall–Kier alpha value is -19.8. The van der Waals surface area contributed by atoms with Crippen molar-refractivity contribution in [3.8, 4) is 124 Å². The van der Waals surface area contributed by atoms with Crippen LogP contribution in [0, 0.1) is 0 Å². The van der Waals surface area contributed by atoms with E-state index in [0.29, 0.717) is 0 Å². The fourth-order valence-corrected chi connectivity index (χ4v) is 22.3. The van der Waals surface area contributed by atoms with E-state index in [1.54, 1.807) is 0 Å². The lowest BCUT2D eigenvalue weighted by atomic mass is 10.0. The molecule has 0 spiro atoms. The zero-order valence-corrected chi connectivity index (χ0v) is 81.0. The Labute approximate surface area is 858 Å². The lowest BCUT2D eigenvalue weighted by Gasteiger charge is -2.26. The topological polar surface area (TPSA) is 36.1 Å². The highest BCUT2D eigenvalue weighted by molar-refractivity contribution is 6.13. The number of rotatable bonds is 20. The number of fused-ring (bicyclic) bond motifs is 10. The van der Waals surface area contributed by atoms with Crippen molar-refractivity contribution in [2.24, 2.45) is 0 Å². The molecule has 0 saturated carbocycles. The number of nitrogens with zero attached hydrogens (tertiary/aromatic N) is 8. The second-order valence-corrected chi connectivity index (χ2v) is 38.0. The van der Waals surface area contributed by atoms with Crippen LogP contribution in [0.2, 0.25) is 0 Å². The molecule has 28 aromatic rings. The lowest BCUT2D eigenvalue weighted by molar-refractivity contribution is 1.13. The van der Waals surface area contributed by atoms with Crippen LogP contribution in [0.15, 0.2) is 582 Å². The number of para-hydroxylation sites is 4. The van der Waals surface area contributed by atoms with Gasteiger partial charge < -0.3 is 37.2 Å². The zero-order valence-electron chi connectivity index (χ0n) is 81.0. The van der Waals surface area contributed by atoms with E-state index in [-0.39, 0.29) is 0 Å². The summed E-state index contributed by atoms with van der Waals surface area (Å²) in [6, 6.07) is 211. The molecule has 22 aromatic carbocycles. The summed E-state index contributed by atoms with van der Waals surface area (Å²) in [5.74, 6) is 0. The predicted molar refractivity (Wildman–Crippen MR) is 622 cm³/mol. The second-order valence-electron chi connectivity index (χ2n) is 38.0. The van der Waals surface area contributed by atoms with Gasteiger partial charge in [0.1, 0.15) is 0 Å². The smallest absolute Gasteiger partial charge is 0.0542 e. The van der Waals surface area contributed by atoms with E-state index in [1.165, 1.54) is 121 Å². The molecule has 0 aliphatic heterocycles. The first-order valence-corrected chi connectivity index (χ1v) is 50.7. The van der Waals surface area contributed by atoms with Gasteiger partial charge in [-0.05, 0) is 285 Å². The van der Waals surface area contributed by atoms with Crippen LogP contribution in [0.4, 0.5) is 34.1 Å². The summed E-state index contributed by atoms with van der Waals surface area (Å²) in [6.45, 7) is 0. The van der Waals surface area contributed by atoms with Gasteiger partial charge in [0.25, 0.3) is 0 Å². The third-order valence-corrected chi connectivity index (χ3v) is 29.2. The van der Waals surface area contributed by atoms with Crippen molar-refractivity contribution in [3.63, 3.8) is 0 Å². The van der Waals surface area contributed by atoms with Gasteiger partial charge >= 0.3 is 0 Å². The average Bonchev–Trinajstić information content (AvgIpc) is 1.54. The molecule has 0 N–H and O–H groups in total. The predicted octanol–water partition coefficient (Wildman–Crippen LogP) is 37.6. The summed E-state index contributed by atoms with van der Waals surface area (Å²) in [6.07, 6.45) is 0. The molecule has 0 aliphatic rings. The fourth-order valence-electron chi connectivity index (χ4n) is 22.3. The fraction of sp³-hybridized carbons (Fsp3) is 0. The van der Waals surface area contributed by atoms with Crippen molar-refractivity contribution in [2.45, 2.75) is 0 Å². The molecule has 148 heavy (non-hydrogen) atoms. The number of benzene rings is 22. The summed E-state index contributed by atoms with van der Waals surface area (Å²) < 4.78 is 14.6. The van der Waals surface area contributed by atoms with Gasteiger partial charge in [0.05, 0.1) is 66.9 Å². The maximum absolute atomic E-state index is 2.46. The van der Waals surface area contributed by atoms with Crippen molar-refractivity contribution in [1.82, 2.24) is 27.4 Å². The van der Waals surface area contributed by atoms with Crippen LogP contribution < -0.4 is 9.80 Å². The Balaban J connectivity index is 0.000000154. The van der Waals surface area contributed by atoms with E-state index in [2.05, 4.69) is 620 Å². The number of hydrogen-bond acceptors (Lipinski definition) is 2. The molecule has 0 saturated heterocycles. The van der Waals surface area contributed by atoms with Crippen LogP contribution >= 0.6 is 0 Å². The van der Waals surface area contributed by atoms with Gasteiger partial charge in [0.15, 0.2) is 0 Å². The molecule has 0 unspecified atom stereocenters. The van der Waals surface area contributed by atoms with Gasteiger partial charge in [-0.25, -0.2) is 0 Å². The standard InChI is InChI=1S/C82H58N4.C58H38N4/c1-7-19-59(20-8-1)63-31-39-71(40-32-63)83(72-41-33-64(34-42-72)60-21-9-2-10-22-60)75-47-51-77(52-48-75)85-79(67-27-15-5-16-28-67)55-69-58-82-70(57-81(69)85)56-80(68-29-17-6-18-30-68)86(82)78-53-49-76(50-54-78)84(73-43-35-65(36-44-73)61-23-11-3-12-24-61)74-45-37-66(38-46-74)62-25-13-4-14-26-62;1-5-17-39(18-6-1)55-33-41-35-58-42(36-57(41)61(55)45-29-31-53-49(37-45)47-25-13-15-27-51(47)59(53)43-21-9-3-10-22-43)34-56(40-19-7-2-8-20-40)62(58)46-30-32-54-50(38-46)48-26-14-16-28-52(48)60(54)44-23-11-4-12-24-44/h1-58H;1-38H.